The largest absolute Gasteiger partial charge is 0.493 e. The quantitative estimate of drug-likeness (QED) is 0.740. The van der Waals surface area contributed by atoms with E-state index in [9.17, 15) is 16.8 Å². The lowest BCUT2D eigenvalue weighted by Crippen LogP contribution is -2.35. The Morgan fingerprint density at radius 3 is 2.62 bits per heavy atom. The fourth-order valence-corrected chi connectivity index (χ4v) is 5.57. The number of hydrogen-bond donors (Lipinski definition) is 1. The third kappa shape index (κ3) is 4.28. The monoisotopic (exact) mass is 459 g/mol. The molecule has 0 saturated heterocycles. The van der Waals surface area contributed by atoms with Crippen molar-refractivity contribution in [3.05, 3.63) is 52.5 Å². The molecule has 0 spiro atoms. The van der Waals surface area contributed by atoms with Crippen molar-refractivity contribution in [2.45, 2.75) is 16.2 Å². The van der Waals surface area contributed by atoms with Crippen LogP contribution in [0.5, 0.6) is 5.75 Å². The number of nitrogens with one attached hydrogen (secondary N) is 1. The first-order valence-corrected chi connectivity index (χ1v) is 12.0. The molecule has 3 rings (SSSR count). The summed E-state index contributed by atoms with van der Waals surface area (Å²) in [7, 11) is -7.37. The number of hydrogen-bond acceptors (Lipinski definition) is 5. The number of sulfonamides is 1. The number of halogens is 1. The van der Waals surface area contributed by atoms with E-state index in [0.717, 1.165) is 23.6 Å². The number of sulfone groups is 1. The van der Waals surface area contributed by atoms with Crippen molar-refractivity contribution in [3.63, 3.8) is 0 Å². The van der Waals surface area contributed by atoms with Crippen LogP contribution >= 0.6 is 15.9 Å². The lowest BCUT2D eigenvalue weighted by Gasteiger charge is -2.25. The molecule has 0 aromatic heterocycles. The van der Waals surface area contributed by atoms with E-state index in [-0.39, 0.29) is 22.3 Å². The van der Waals surface area contributed by atoms with Crippen molar-refractivity contribution in [1.29, 1.82) is 0 Å². The normalized spacial score (nSPS) is 17.4. The van der Waals surface area contributed by atoms with Gasteiger partial charge in [0.25, 0.3) is 0 Å². The first-order chi connectivity index (χ1) is 12.2. The van der Waals surface area contributed by atoms with E-state index in [1.807, 2.05) is 24.3 Å². The highest BCUT2D eigenvalue weighted by molar-refractivity contribution is 9.10. The predicted molar refractivity (Wildman–Crippen MR) is 102 cm³/mol. The molecule has 0 fully saturated rings. The second-order valence-electron chi connectivity index (χ2n) is 6.21. The molecule has 9 heteroatoms. The zero-order chi connectivity index (χ0) is 18.9. The molecular formula is C17H18BrNO5S2. The van der Waals surface area contributed by atoms with Crippen LogP contribution < -0.4 is 9.46 Å². The third-order valence-corrected chi connectivity index (χ3v) is 7.67. The smallest absolute Gasteiger partial charge is 0.241 e. The number of fused-ring (bicyclic) bond motifs is 1. The first kappa shape index (κ1) is 19.3. The van der Waals surface area contributed by atoms with Gasteiger partial charge in [-0.3, -0.25) is 0 Å². The molecule has 140 valence electrons. The predicted octanol–water partition coefficient (Wildman–Crippen LogP) is 2.38. The minimum atomic E-state index is -3.87. The zero-order valence-corrected chi connectivity index (χ0v) is 17.2. The fraction of sp³-hybridized carbons (Fsp3) is 0.294. The van der Waals surface area contributed by atoms with E-state index >= 15 is 0 Å². The van der Waals surface area contributed by atoms with Crippen molar-refractivity contribution in [3.8, 4) is 5.75 Å². The van der Waals surface area contributed by atoms with Crippen LogP contribution in [0.1, 0.15) is 5.56 Å². The number of benzene rings is 2. The van der Waals surface area contributed by atoms with Crippen LogP contribution in [-0.2, 0) is 26.3 Å². The summed E-state index contributed by atoms with van der Waals surface area (Å²) in [6, 6.07) is 11.6. The molecule has 2 aromatic carbocycles. The summed E-state index contributed by atoms with van der Waals surface area (Å²) < 4.78 is 57.2. The second kappa shape index (κ2) is 7.30. The van der Waals surface area contributed by atoms with Gasteiger partial charge in [-0.15, -0.1) is 0 Å². The van der Waals surface area contributed by atoms with Crippen LogP contribution in [0.25, 0.3) is 0 Å². The summed E-state index contributed by atoms with van der Waals surface area (Å²) in [6.45, 7) is 0.621. The van der Waals surface area contributed by atoms with Gasteiger partial charge in [-0.1, -0.05) is 18.2 Å². The summed E-state index contributed by atoms with van der Waals surface area (Å²) in [6.07, 6.45) is 1.75. The van der Waals surface area contributed by atoms with E-state index in [2.05, 4.69) is 20.7 Å². The number of para-hydroxylation sites is 1. The summed E-state index contributed by atoms with van der Waals surface area (Å²) in [5.74, 6) is 0.826. The highest BCUT2D eigenvalue weighted by Crippen LogP contribution is 2.28. The molecule has 0 radical (unpaired) electrons. The van der Waals surface area contributed by atoms with Crippen molar-refractivity contribution in [2.75, 3.05) is 19.4 Å². The molecule has 26 heavy (non-hydrogen) atoms. The zero-order valence-electron chi connectivity index (χ0n) is 14.0. The Bertz CT molecular complexity index is 1030. The van der Waals surface area contributed by atoms with Crippen LogP contribution in [0.4, 0.5) is 0 Å². The Morgan fingerprint density at radius 2 is 1.88 bits per heavy atom. The average molecular weight is 460 g/mol. The Kier molecular flexibility index (Phi) is 5.43. The summed E-state index contributed by atoms with van der Waals surface area (Å²) in [5, 5.41) is 0. The van der Waals surface area contributed by atoms with Crippen LogP contribution in [0.3, 0.4) is 0 Å². The van der Waals surface area contributed by atoms with Crippen molar-refractivity contribution >= 4 is 35.8 Å². The van der Waals surface area contributed by atoms with E-state index in [0.29, 0.717) is 17.5 Å². The highest BCUT2D eigenvalue weighted by atomic mass is 79.9. The Morgan fingerprint density at radius 1 is 1.15 bits per heavy atom. The average Bonchev–Trinajstić information content (AvgIpc) is 2.59. The fourth-order valence-electron chi connectivity index (χ4n) is 2.75. The van der Waals surface area contributed by atoms with Crippen LogP contribution in [0, 0.1) is 5.92 Å². The topological polar surface area (TPSA) is 89.5 Å². The summed E-state index contributed by atoms with van der Waals surface area (Å²) in [4.78, 5) is -0.145. The van der Waals surface area contributed by atoms with Crippen LogP contribution in [0.15, 0.2) is 56.7 Å². The molecule has 0 amide bonds. The highest BCUT2D eigenvalue weighted by Gasteiger charge is 2.24. The second-order valence-corrected chi connectivity index (χ2v) is 10.8. The van der Waals surface area contributed by atoms with Gasteiger partial charge in [0.1, 0.15) is 5.75 Å². The Hall–Kier alpha value is -1.42. The first-order valence-electron chi connectivity index (χ1n) is 7.87. The standard InChI is InChI=1S/C17H18BrNO5S2/c1-25(20,21)14-6-7-15(18)17(9-14)26(22,23)19-10-12-8-13-4-2-3-5-16(13)24-11-12/h2-7,9,12,19H,8,10-11H2,1H3. The third-order valence-electron chi connectivity index (χ3n) is 4.14. The van der Waals surface area contributed by atoms with E-state index in [1.54, 1.807) is 0 Å². The molecule has 0 aliphatic carbocycles. The van der Waals surface area contributed by atoms with E-state index < -0.39 is 19.9 Å². The van der Waals surface area contributed by atoms with Crippen molar-refractivity contribution < 1.29 is 21.6 Å². The maximum Gasteiger partial charge on any atom is 0.241 e. The Balaban J connectivity index is 1.76. The minimum Gasteiger partial charge on any atom is -0.493 e. The molecule has 6 nitrogen and oxygen atoms in total. The van der Waals surface area contributed by atoms with E-state index in [1.165, 1.54) is 12.1 Å². The van der Waals surface area contributed by atoms with Gasteiger partial charge in [-0.05, 0) is 52.2 Å². The number of rotatable bonds is 5. The molecule has 1 aliphatic heterocycles. The summed E-state index contributed by atoms with van der Waals surface area (Å²) in [5.41, 5.74) is 1.04. The van der Waals surface area contributed by atoms with Gasteiger partial charge in [0.05, 0.1) is 16.4 Å². The minimum absolute atomic E-state index is 0.00320. The molecule has 1 aliphatic rings. The van der Waals surface area contributed by atoms with E-state index in [4.69, 9.17) is 4.74 Å². The lowest BCUT2D eigenvalue weighted by molar-refractivity contribution is 0.223. The van der Waals surface area contributed by atoms with Gasteiger partial charge in [-0.25, -0.2) is 21.6 Å². The van der Waals surface area contributed by atoms with Gasteiger partial charge >= 0.3 is 0 Å². The lowest BCUT2D eigenvalue weighted by atomic mass is 9.97. The van der Waals surface area contributed by atoms with Gasteiger partial charge < -0.3 is 4.74 Å². The van der Waals surface area contributed by atoms with Crippen molar-refractivity contribution in [1.82, 2.24) is 4.72 Å². The van der Waals surface area contributed by atoms with Crippen LogP contribution in [0.2, 0.25) is 0 Å². The van der Waals surface area contributed by atoms with Gasteiger partial charge in [-0.2, -0.15) is 0 Å². The molecule has 0 bridgehead atoms. The molecule has 1 atom stereocenters. The van der Waals surface area contributed by atoms with Gasteiger partial charge in [0.15, 0.2) is 9.84 Å². The number of ether oxygens (including phenoxy) is 1. The SMILES string of the molecule is CS(=O)(=O)c1ccc(Br)c(S(=O)(=O)NCC2COc3ccccc3C2)c1. The molecule has 1 N–H and O–H groups in total. The van der Waals surface area contributed by atoms with Gasteiger partial charge in [0.2, 0.25) is 10.0 Å². The molecule has 0 saturated carbocycles. The van der Waals surface area contributed by atoms with Crippen molar-refractivity contribution in [2.24, 2.45) is 5.92 Å². The molecule has 1 heterocycles. The molecule has 1 unspecified atom stereocenters. The van der Waals surface area contributed by atoms with Crippen LogP contribution in [-0.4, -0.2) is 36.2 Å². The maximum absolute atomic E-state index is 12.6. The maximum atomic E-state index is 12.6. The van der Waals surface area contributed by atoms with Gasteiger partial charge in [0, 0.05) is 23.2 Å². The molecular weight excluding hydrogens is 442 g/mol. The Labute approximate surface area is 161 Å². The molecule has 2 aromatic rings. The summed E-state index contributed by atoms with van der Waals surface area (Å²) >= 11 is 3.18.